The minimum absolute atomic E-state index is 0.105. The van der Waals surface area contributed by atoms with Crippen molar-refractivity contribution in [2.75, 3.05) is 10.0 Å². The largest absolute Gasteiger partial charge is 0.481 e. The Morgan fingerprint density at radius 2 is 1.48 bits per heavy atom. The van der Waals surface area contributed by atoms with Gasteiger partial charge in [-0.05, 0) is 86.8 Å². The molecule has 0 bridgehead atoms. The number of ether oxygens (including phenoxy) is 1. The summed E-state index contributed by atoms with van der Waals surface area (Å²) in [5, 5.41) is 2.75. The molecule has 2 N–H and O–H groups in total. The first-order chi connectivity index (χ1) is 14.6. The summed E-state index contributed by atoms with van der Waals surface area (Å²) in [7, 11) is -3.74. The Morgan fingerprint density at radius 3 is 2.10 bits per heavy atom. The van der Waals surface area contributed by atoms with Gasteiger partial charge < -0.3 is 10.1 Å². The predicted octanol–water partition coefficient (Wildman–Crippen LogP) is 4.82. The maximum absolute atomic E-state index is 12.7. The van der Waals surface area contributed by atoms with Crippen molar-refractivity contribution in [2.24, 2.45) is 0 Å². The average Bonchev–Trinajstić information content (AvgIpc) is 2.69. The lowest BCUT2D eigenvalue weighted by atomic mass is 10.1. The van der Waals surface area contributed by atoms with Crippen LogP contribution in [0.5, 0.6) is 5.75 Å². The summed E-state index contributed by atoms with van der Waals surface area (Å²) in [5.74, 6) is 0.316. The smallest absolute Gasteiger partial charge is 0.265 e. The summed E-state index contributed by atoms with van der Waals surface area (Å²) in [6, 6.07) is 19.0. The molecule has 0 heterocycles. The van der Waals surface area contributed by atoms with Crippen LogP contribution >= 0.6 is 0 Å². The minimum atomic E-state index is -3.74. The molecule has 0 spiro atoms. The second-order valence-corrected chi connectivity index (χ2v) is 9.20. The number of nitrogens with one attached hydrogen (secondary N) is 2. The maximum atomic E-state index is 12.7. The van der Waals surface area contributed by atoms with Gasteiger partial charge in [-0.2, -0.15) is 0 Å². The molecule has 3 aromatic rings. The van der Waals surface area contributed by atoms with Crippen LogP contribution in [0.3, 0.4) is 0 Å². The second kappa shape index (κ2) is 9.22. The molecule has 0 aromatic heterocycles. The molecule has 31 heavy (non-hydrogen) atoms. The lowest BCUT2D eigenvalue weighted by Gasteiger charge is -2.16. The molecule has 0 fully saturated rings. The van der Waals surface area contributed by atoms with E-state index in [1.165, 1.54) is 12.1 Å². The zero-order valence-electron chi connectivity index (χ0n) is 18.0. The molecule has 1 amide bonds. The lowest BCUT2D eigenvalue weighted by molar-refractivity contribution is -0.122. The third-order valence-electron chi connectivity index (χ3n) is 4.67. The number of benzene rings is 3. The third-order valence-corrected chi connectivity index (χ3v) is 6.07. The van der Waals surface area contributed by atoms with Crippen molar-refractivity contribution in [2.45, 2.75) is 38.7 Å². The molecule has 6 nitrogen and oxygen atoms in total. The summed E-state index contributed by atoms with van der Waals surface area (Å²) >= 11 is 0. The van der Waals surface area contributed by atoms with Gasteiger partial charge in [-0.25, -0.2) is 8.42 Å². The van der Waals surface area contributed by atoms with Gasteiger partial charge >= 0.3 is 0 Å². The van der Waals surface area contributed by atoms with Crippen molar-refractivity contribution < 1.29 is 17.9 Å². The molecule has 1 atom stereocenters. The number of carbonyl (C=O) groups excluding carboxylic acids is 1. The van der Waals surface area contributed by atoms with E-state index >= 15 is 0 Å². The van der Waals surface area contributed by atoms with Crippen LogP contribution in [0.1, 0.15) is 23.6 Å². The number of hydrogen-bond acceptors (Lipinski definition) is 4. The standard InChI is InChI=1S/C24H26N2O4S/c1-16-13-17(2)15-21(14-16)26-31(28,29)22-11-9-20(10-12-22)25-24(27)19(4)30-23-8-6-5-7-18(23)3/h5-15,19,26H,1-4H3,(H,25,27). The highest BCUT2D eigenvalue weighted by atomic mass is 32.2. The third kappa shape index (κ3) is 5.86. The first-order valence-corrected chi connectivity index (χ1v) is 11.4. The summed E-state index contributed by atoms with van der Waals surface area (Å²) < 4.78 is 33.7. The average molecular weight is 439 g/mol. The first kappa shape index (κ1) is 22.4. The number of aryl methyl sites for hydroxylation is 3. The van der Waals surface area contributed by atoms with Gasteiger partial charge in [0, 0.05) is 11.4 Å². The van der Waals surface area contributed by atoms with Gasteiger partial charge in [0.1, 0.15) is 5.75 Å². The Labute approximate surface area is 183 Å². The van der Waals surface area contributed by atoms with Crippen molar-refractivity contribution in [1.29, 1.82) is 0 Å². The maximum Gasteiger partial charge on any atom is 0.265 e. The minimum Gasteiger partial charge on any atom is -0.481 e. The lowest BCUT2D eigenvalue weighted by Crippen LogP contribution is -2.30. The molecule has 0 aliphatic rings. The van der Waals surface area contributed by atoms with Crippen LogP contribution in [0, 0.1) is 20.8 Å². The van der Waals surface area contributed by atoms with E-state index in [2.05, 4.69) is 10.0 Å². The Balaban J connectivity index is 1.66. The Morgan fingerprint density at radius 1 is 0.871 bits per heavy atom. The number of hydrogen-bond donors (Lipinski definition) is 2. The van der Waals surface area contributed by atoms with Crippen LogP contribution in [0.15, 0.2) is 71.6 Å². The van der Waals surface area contributed by atoms with Gasteiger partial charge in [-0.15, -0.1) is 0 Å². The van der Waals surface area contributed by atoms with Crippen molar-refractivity contribution in [3.8, 4) is 5.75 Å². The monoisotopic (exact) mass is 438 g/mol. The van der Waals surface area contributed by atoms with Crippen LogP contribution in [0.4, 0.5) is 11.4 Å². The van der Waals surface area contributed by atoms with Crippen molar-refractivity contribution in [1.82, 2.24) is 0 Å². The fourth-order valence-corrected chi connectivity index (χ4v) is 4.18. The number of amides is 1. The van der Waals surface area contributed by atoms with Crippen molar-refractivity contribution >= 4 is 27.3 Å². The molecular formula is C24H26N2O4S. The molecule has 3 aromatic carbocycles. The summed E-state index contributed by atoms with van der Waals surface area (Å²) in [5.41, 5.74) is 3.87. The zero-order chi connectivity index (χ0) is 22.6. The highest BCUT2D eigenvalue weighted by molar-refractivity contribution is 7.92. The van der Waals surface area contributed by atoms with E-state index < -0.39 is 16.1 Å². The zero-order valence-corrected chi connectivity index (χ0v) is 18.8. The molecule has 0 saturated carbocycles. The van der Waals surface area contributed by atoms with Crippen LogP contribution < -0.4 is 14.8 Å². The van der Waals surface area contributed by atoms with Crippen molar-refractivity contribution in [3.05, 3.63) is 83.4 Å². The van der Waals surface area contributed by atoms with Gasteiger partial charge in [0.05, 0.1) is 4.90 Å². The fourth-order valence-electron chi connectivity index (χ4n) is 3.14. The molecule has 3 rings (SSSR count). The van der Waals surface area contributed by atoms with E-state index in [9.17, 15) is 13.2 Å². The first-order valence-electron chi connectivity index (χ1n) is 9.88. The molecule has 1 unspecified atom stereocenters. The van der Waals surface area contributed by atoms with Crippen LogP contribution in [-0.2, 0) is 14.8 Å². The number of carbonyl (C=O) groups is 1. The summed E-state index contributed by atoms with van der Waals surface area (Å²) in [6.45, 7) is 7.39. The van der Waals surface area contributed by atoms with E-state index in [1.807, 2.05) is 51.1 Å². The highest BCUT2D eigenvalue weighted by Gasteiger charge is 2.18. The van der Waals surface area contributed by atoms with E-state index in [-0.39, 0.29) is 10.8 Å². The molecule has 0 aliphatic heterocycles. The number of anilines is 2. The summed E-state index contributed by atoms with van der Waals surface area (Å²) in [6.07, 6.45) is -0.712. The van der Waals surface area contributed by atoms with Crippen LogP contribution in [0.25, 0.3) is 0 Å². The van der Waals surface area contributed by atoms with Gasteiger partial charge in [0.2, 0.25) is 0 Å². The molecule has 162 valence electrons. The highest BCUT2D eigenvalue weighted by Crippen LogP contribution is 2.21. The van der Waals surface area contributed by atoms with E-state index in [4.69, 9.17) is 4.74 Å². The normalized spacial score (nSPS) is 12.1. The molecule has 0 aliphatic carbocycles. The van der Waals surface area contributed by atoms with E-state index in [1.54, 1.807) is 31.2 Å². The number of rotatable bonds is 7. The van der Waals surface area contributed by atoms with Crippen LogP contribution in [-0.4, -0.2) is 20.4 Å². The Hall–Kier alpha value is -3.32. The Bertz CT molecular complexity index is 1170. The van der Waals surface area contributed by atoms with Gasteiger partial charge in [0.25, 0.3) is 15.9 Å². The van der Waals surface area contributed by atoms with E-state index in [0.717, 1.165) is 16.7 Å². The quantitative estimate of drug-likeness (QED) is 0.554. The van der Waals surface area contributed by atoms with Crippen molar-refractivity contribution in [3.63, 3.8) is 0 Å². The molecule has 0 saturated heterocycles. The fraction of sp³-hybridized carbons (Fsp3) is 0.208. The SMILES string of the molecule is Cc1cc(C)cc(NS(=O)(=O)c2ccc(NC(=O)C(C)Oc3ccccc3C)cc2)c1. The Kier molecular flexibility index (Phi) is 6.65. The van der Waals surface area contributed by atoms with Crippen LogP contribution in [0.2, 0.25) is 0 Å². The summed E-state index contributed by atoms with van der Waals surface area (Å²) in [4.78, 5) is 12.6. The van der Waals surface area contributed by atoms with E-state index in [0.29, 0.717) is 17.1 Å². The van der Waals surface area contributed by atoms with Gasteiger partial charge in [-0.3, -0.25) is 9.52 Å². The van der Waals surface area contributed by atoms with Gasteiger partial charge in [-0.1, -0.05) is 24.3 Å². The number of para-hydroxylation sites is 1. The second-order valence-electron chi connectivity index (χ2n) is 7.52. The molecule has 7 heteroatoms. The topological polar surface area (TPSA) is 84.5 Å². The van der Waals surface area contributed by atoms with Gasteiger partial charge in [0.15, 0.2) is 6.10 Å². The molecule has 0 radical (unpaired) electrons. The number of sulfonamides is 1. The molecular weight excluding hydrogens is 412 g/mol. The predicted molar refractivity (Wildman–Crippen MR) is 123 cm³/mol.